The van der Waals surface area contributed by atoms with Crippen LogP contribution in [0.5, 0.6) is 0 Å². The highest BCUT2D eigenvalue weighted by atomic mass is 19.1. The van der Waals surface area contributed by atoms with Crippen molar-refractivity contribution in [2.45, 2.75) is 19.0 Å². The highest BCUT2D eigenvalue weighted by Crippen LogP contribution is 2.34. The summed E-state index contributed by atoms with van der Waals surface area (Å²) in [5.74, 6) is -0.0187. The first kappa shape index (κ1) is 11.3. The summed E-state index contributed by atoms with van der Waals surface area (Å²) in [4.78, 5) is 10.8. The van der Waals surface area contributed by atoms with Gasteiger partial charge in [-0.25, -0.2) is 4.39 Å². The van der Waals surface area contributed by atoms with Crippen LogP contribution in [0.1, 0.15) is 34.9 Å². The Kier molecular flexibility index (Phi) is 3.67. The normalized spacial score (nSPS) is 19.3. The number of ether oxygens (including phenoxy) is 1. The van der Waals surface area contributed by atoms with Crippen LogP contribution in [0.3, 0.4) is 0 Å². The van der Waals surface area contributed by atoms with E-state index in [0.717, 1.165) is 19.1 Å². The predicted molar refractivity (Wildman–Crippen MR) is 59.2 cm³/mol. The quantitative estimate of drug-likeness (QED) is 0.735. The molecule has 0 spiro atoms. The minimum atomic E-state index is -1.05. The van der Waals surface area contributed by atoms with Crippen LogP contribution in [-0.4, -0.2) is 19.5 Å². The second-order valence-electron chi connectivity index (χ2n) is 4.10. The van der Waals surface area contributed by atoms with Gasteiger partial charge in [0.25, 0.3) is 0 Å². The molecule has 0 bridgehead atoms. The summed E-state index contributed by atoms with van der Waals surface area (Å²) in [6.45, 7) is 1.24. The van der Waals surface area contributed by atoms with Crippen LogP contribution in [-0.2, 0) is 4.74 Å². The number of carbonyl (C=O) groups excluding carboxylic acids is 1. The summed E-state index contributed by atoms with van der Waals surface area (Å²) in [5.41, 5.74) is 0.978. The molecule has 0 aliphatic carbocycles. The van der Waals surface area contributed by atoms with E-state index in [0.29, 0.717) is 24.3 Å². The number of aldehydes is 1. The Morgan fingerprint density at radius 1 is 1.31 bits per heavy atom. The standard InChI is InChI=1S/C13H15FO2/c14-13(10-5-7-16-8-6-10)12-4-2-1-3-11(12)9-15/h1-4,9-10,13H,5-8H2. The van der Waals surface area contributed by atoms with Crippen molar-refractivity contribution < 1.29 is 13.9 Å². The monoisotopic (exact) mass is 222 g/mol. The van der Waals surface area contributed by atoms with E-state index in [-0.39, 0.29) is 5.92 Å². The maximum atomic E-state index is 14.3. The molecule has 1 aliphatic rings. The van der Waals surface area contributed by atoms with Gasteiger partial charge in [0.15, 0.2) is 0 Å². The third-order valence-electron chi connectivity index (χ3n) is 3.10. The predicted octanol–water partition coefficient (Wildman–Crippen LogP) is 2.94. The Hall–Kier alpha value is -1.22. The fourth-order valence-corrected chi connectivity index (χ4v) is 2.13. The molecular weight excluding hydrogens is 207 g/mol. The maximum absolute atomic E-state index is 14.3. The van der Waals surface area contributed by atoms with Crippen LogP contribution in [0.2, 0.25) is 0 Å². The third-order valence-corrected chi connectivity index (χ3v) is 3.10. The van der Waals surface area contributed by atoms with Crippen molar-refractivity contribution in [3.8, 4) is 0 Å². The number of alkyl halides is 1. The highest BCUT2D eigenvalue weighted by molar-refractivity contribution is 5.77. The van der Waals surface area contributed by atoms with Crippen molar-refractivity contribution in [3.05, 3.63) is 35.4 Å². The summed E-state index contributed by atoms with van der Waals surface area (Å²) in [6.07, 6.45) is 1.13. The fourth-order valence-electron chi connectivity index (χ4n) is 2.13. The summed E-state index contributed by atoms with van der Waals surface area (Å²) >= 11 is 0. The van der Waals surface area contributed by atoms with Gasteiger partial charge in [-0.2, -0.15) is 0 Å². The average Bonchev–Trinajstić information content (AvgIpc) is 2.39. The molecule has 2 nitrogen and oxygen atoms in total. The van der Waals surface area contributed by atoms with Crippen molar-refractivity contribution in [2.75, 3.05) is 13.2 Å². The minimum absolute atomic E-state index is 0.0187. The largest absolute Gasteiger partial charge is 0.381 e. The molecule has 1 fully saturated rings. The zero-order valence-electron chi connectivity index (χ0n) is 9.06. The van der Waals surface area contributed by atoms with Gasteiger partial charge in [-0.3, -0.25) is 4.79 Å². The van der Waals surface area contributed by atoms with Crippen molar-refractivity contribution >= 4 is 6.29 Å². The van der Waals surface area contributed by atoms with Gasteiger partial charge in [0.2, 0.25) is 0 Å². The molecule has 86 valence electrons. The maximum Gasteiger partial charge on any atom is 0.150 e. The lowest BCUT2D eigenvalue weighted by Gasteiger charge is -2.26. The molecule has 0 aromatic heterocycles. The van der Waals surface area contributed by atoms with Crippen LogP contribution < -0.4 is 0 Å². The van der Waals surface area contributed by atoms with E-state index in [4.69, 9.17) is 4.74 Å². The van der Waals surface area contributed by atoms with Crippen LogP contribution >= 0.6 is 0 Å². The Bertz CT molecular complexity index is 359. The molecule has 0 saturated carbocycles. The Morgan fingerprint density at radius 3 is 2.69 bits per heavy atom. The minimum Gasteiger partial charge on any atom is -0.381 e. The van der Waals surface area contributed by atoms with Gasteiger partial charge < -0.3 is 4.74 Å². The summed E-state index contributed by atoms with van der Waals surface area (Å²) < 4.78 is 19.5. The third kappa shape index (κ3) is 2.30. The van der Waals surface area contributed by atoms with E-state index < -0.39 is 6.17 Å². The van der Waals surface area contributed by atoms with E-state index >= 15 is 0 Å². The molecule has 1 heterocycles. The van der Waals surface area contributed by atoms with Crippen LogP contribution in [0.15, 0.2) is 24.3 Å². The first-order chi connectivity index (χ1) is 7.83. The molecular formula is C13H15FO2. The number of carbonyl (C=O) groups is 1. The highest BCUT2D eigenvalue weighted by Gasteiger charge is 2.26. The van der Waals surface area contributed by atoms with Gasteiger partial charge in [-0.1, -0.05) is 24.3 Å². The summed E-state index contributed by atoms with van der Waals surface area (Å²) in [5, 5.41) is 0. The van der Waals surface area contributed by atoms with Gasteiger partial charge >= 0.3 is 0 Å². The Balaban J connectivity index is 2.18. The Morgan fingerprint density at radius 2 is 2.00 bits per heavy atom. The van der Waals surface area contributed by atoms with E-state index in [9.17, 15) is 9.18 Å². The van der Waals surface area contributed by atoms with Crippen LogP contribution in [0.25, 0.3) is 0 Å². The molecule has 1 unspecified atom stereocenters. The molecule has 1 saturated heterocycles. The molecule has 2 rings (SSSR count). The van der Waals surface area contributed by atoms with E-state index in [1.807, 2.05) is 0 Å². The lowest BCUT2D eigenvalue weighted by atomic mass is 9.88. The summed E-state index contributed by atoms with van der Waals surface area (Å²) in [7, 11) is 0. The molecule has 0 radical (unpaired) electrons. The lowest BCUT2D eigenvalue weighted by Crippen LogP contribution is -2.20. The van der Waals surface area contributed by atoms with Gasteiger partial charge in [0, 0.05) is 18.8 Å². The Labute approximate surface area is 94.4 Å². The molecule has 0 N–H and O–H groups in total. The van der Waals surface area contributed by atoms with Gasteiger partial charge in [-0.15, -0.1) is 0 Å². The zero-order valence-corrected chi connectivity index (χ0v) is 9.06. The SMILES string of the molecule is O=Cc1ccccc1C(F)C1CCOCC1. The average molecular weight is 222 g/mol. The molecule has 16 heavy (non-hydrogen) atoms. The smallest absolute Gasteiger partial charge is 0.150 e. The molecule has 1 aromatic rings. The fraction of sp³-hybridized carbons (Fsp3) is 0.462. The number of rotatable bonds is 3. The van der Waals surface area contributed by atoms with E-state index in [1.165, 1.54) is 0 Å². The molecule has 3 heteroatoms. The van der Waals surface area contributed by atoms with Gasteiger partial charge in [0.1, 0.15) is 12.5 Å². The first-order valence-corrected chi connectivity index (χ1v) is 5.59. The van der Waals surface area contributed by atoms with Crippen molar-refractivity contribution in [1.82, 2.24) is 0 Å². The molecule has 1 aliphatic heterocycles. The van der Waals surface area contributed by atoms with Crippen molar-refractivity contribution in [2.24, 2.45) is 5.92 Å². The molecule has 1 atom stereocenters. The van der Waals surface area contributed by atoms with Crippen molar-refractivity contribution in [3.63, 3.8) is 0 Å². The number of halogens is 1. The zero-order chi connectivity index (χ0) is 11.4. The van der Waals surface area contributed by atoms with E-state index in [2.05, 4.69) is 0 Å². The van der Waals surface area contributed by atoms with Crippen molar-refractivity contribution in [1.29, 1.82) is 0 Å². The number of hydrogen-bond donors (Lipinski definition) is 0. The molecule has 1 aromatic carbocycles. The summed E-state index contributed by atoms with van der Waals surface area (Å²) in [6, 6.07) is 6.89. The van der Waals surface area contributed by atoms with Crippen LogP contribution in [0, 0.1) is 5.92 Å². The van der Waals surface area contributed by atoms with E-state index in [1.54, 1.807) is 24.3 Å². The second-order valence-corrected chi connectivity index (χ2v) is 4.10. The number of benzene rings is 1. The topological polar surface area (TPSA) is 26.3 Å². The second kappa shape index (κ2) is 5.21. The lowest BCUT2D eigenvalue weighted by molar-refractivity contribution is 0.0364. The number of hydrogen-bond acceptors (Lipinski definition) is 2. The molecule has 0 amide bonds. The van der Waals surface area contributed by atoms with Crippen LogP contribution in [0.4, 0.5) is 4.39 Å². The van der Waals surface area contributed by atoms with Gasteiger partial charge in [0.05, 0.1) is 0 Å². The van der Waals surface area contributed by atoms with Gasteiger partial charge in [-0.05, 0) is 24.3 Å². The first-order valence-electron chi connectivity index (χ1n) is 5.59.